The molecule has 2 aromatic rings. The number of benzene rings is 1. The summed E-state index contributed by atoms with van der Waals surface area (Å²) < 4.78 is 45.9. The van der Waals surface area contributed by atoms with Crippen molar-refractivity contribution in [3.05, 3.63) is 48.4 Å². The number of halogens is 4. The van der Waals surface area contributed by atoms with E-state index >= 15 is 0 Å². The van der Waals surface area contributed by atoms with Crippen LogP contribution in [0.15, 0.2) is 52.1 Å². The third kappa shape index (κ3) is 7.58. The number of nitrogens with one attached hydrogen (secondary N) is 1. The number of likely N-dealkylation sites (N-methyl/N-ethyl adjacent to an activating group) is 1. The van der Waals surface area contributed by atoms with Crippen molar-refractivity contribution in [1.82, 2.24) is 4.90 Å². The Bertz CT molecular complexity index is 717. The summed E-state index contributed by atoms with van der Waals surface area (Å²) in [6.45, 7) is 6.13. The van der Waals surface area contributed by atoms with Crippen molar-refractivity contribution in [2.45, 2.75) is 26.3 Å². The fraction of sp³-hybridized carbons (Fsp3) is 0.389. The van der Waals surface area contributed by atoms with E-state index in [0.29, 0.717) is 12.2 Å². The highest BCUT2D eigenvalue weighted by molar-refractivity contribution is 14.0. The minimum Gasteiger partial charge on any atom is -0.468 e. The van der Waals surface area contributed by atoms with Gasteiger partial charge in [-0.1, -0.05) is 13.8 Å². The van der Waals surface area contributed by atoms with Gasteiger partial charge in [-0.15, -0.1) is 37.1 Å². The molecule has 28 heavy (non-hydrogen) atoms. The number of alkyl halides is 3. The molecule has 0 aliphatic heterocycles. The molecule has 10 heteroatoms. The first kappa shape index (κ1) is 24.1. The number of furan rings is 1. The molecule has 1 unspecified atom stereocenters. The van der Waals surface area contributed by atoms with Crippen LogP contribution in [0, 0.1) is 0 Å². The second-order valence-corrected chi connectivity index (χ2v) is 5.68. The SMILES string of the molecule is CCN(CC)C(CN=C(N)Nc1ccc(OC(F)(F)F)cc1)c1ccco1.I. The van der Waals surface area contributed by atoms with Crippen LogP contribution in [0.4, 0.5) is 18.9 Å². The molecule has 0 aliphatic rings. The van der Waals surface area contributed by atoms with Gasteiger partial charge in [0.05, 0.1) is 18.8 Å². The second-order valence-electron chi connectivity index (χ2n) is 5.68. The number of rotatable bonds is 8. The zero-order valence-electron chi connectivity index (χ0n) is 15.6. The quantitative estimate of drug-likeness (QED) is 0.307. The highest BCUT2D eigenvalue weighted by Crippen LogP contribution is 2.24. The Balaban J connectivity index is 0.00000392. The number of nitrogens with two attached hydrogens (primary N) is 1. The maximum absolute atomic E-state index is 12.2. The molecule has 2 rings (SSSR count). The highest BCUT2D eigenvalue weighted by Gasteiger charge is 2.30. The Morgan fingerprint density at radius 1 is 1.21 bits per heavy atom. The van der Waals surface area contributed by atoms with E-state index in [1.165, 1.54) is 24.3 Å². The Kier molecular flexibility index (Phi) is 9.59. The normalized spacial score (nSPS) is 13.1. The Morgan fingerprint density at radius 2 is 1.86 bits per heavy atom. The predicted molar refractivity (Wildman–Crippen MR) is 113 cm³/mol. The molecule has 0 bridgehead atoms. The summed E-state index contributed by atoms with van der Waals surface area (Å²) in [7, 11) is 0. The van der Waals surface area contributed by atoms with Gasteiger partial charge in [-0.3, -0.25) is 9.89 Å². The lowest BCUT2D eigenvalue weighted by Gasteiger charge is -2.26. The summed E-state index contributed by atoms with van der Waals surface area (Å²) in [6.07, 6.45) is -3.11. The molecule has 0 fully saturated rings. The van der Waals surface area contributed by atoms with Crippen molar-refractivity contribution in [1.29, 1.82) is 0 Å². The van der Waals surface area contributed by atoms with Gasteiger partial charge in [0.25, 0.3) is 0 Å². The third-order valence-corrected chi connectivity index (χ3v) is 3.92. The Labute approximate surface area is 179 Å². The van der Waals surface area contributed by atoms with E-state index in [2.05, 4.69) is 33.8 Å². The number of anilines is 1. The van der Waals surface area contributed by atoms with Crippen molar-refractivity contribution in [3.63, 3.8) is 0 Å². The first-order chi connectivity index (χ1) is 12.8. The van der Waals surface area contributed by atoms with Gasteiger partial charge >= 0.3 is 6.36 Å². The van der Waals surface area contributed by atoms with Crippen molar-refractivity contribution < 1.29 is 22.3 Å². The van der Waals surface area contributed by atoms with E-state index in [-0.39, 0.29) is 41.7 Å². The number of hydrogen-bond donors (Lipinski definition) is 2. The molecular formula is C18H24F3IN4O2. The van der Waals surface area contributed by atoms with E-state index in [0.717, 1.165) is 18.8 Å². The molecule has 1 aromatic carbocycles. The molecule has 0 saturated carbocycles. The fourth-order valence-electron chi connectivity index (χ4n) is 2.64. The summed E-state index contributed by atoms with van der Waals surface area (Å²) in [5.74, 6) is 0.648. The zero-order valence-corrected chi connectivity index (χ0v) is 17.9. The standard InChI is InChI=1S/C18H23F3N4O2.HI/c1-3-25(4-2)15(16-6-5-11-26-16)12-23-17(22)24-13-7-9-14(10-8-13)27-18(19,20)21;/h5-11,15H,3-4,12H2,1-2H3,(H3,22,23,24);1H. The van der Waals surface area contributed by atoms with Crippen molar-refractivity contribution in [3.8, 4) is 5.75 Å². The third-order valence-electron chi connectivity index (χ3n) is 3.92. The minimum atomic E-state index is -4.72. The van der Waals surface area contributed by atoms with Crippen LogP contribution in [0.2, 0.25) is 0 Å². The summed E-state index contributed by atoms with van der Waals surface area (Å²) in [4.78, 5) is 6.54. The minimum absolute atomic E-state index is 0. The van der Waals surface area contributed by atoms with Gasteiger partial charge in [-0.05, 0) is 49.5 Å². The second kappa shape index (κ2) is 11.1. The molecule has 1 atom stereocenters. The zero-order chi connectivity index (χ0) is 19.9. The molecule has 0 amide bonds. The monoisotopic (exact) mass is 512 g/mol. The molecule has 1 aromatic heterocycles. The largest absolute Gasteiger partial charge is 0.573 e. The van der Waals surface area contributed by atoms with Gasteiger partial charge in [0.15, 0.2) is 5.96 Å². The lowest BCUT2D eigenvalue weighted by molar-refractivity contribution is -0.274. The Hall–Kier alpha value is -1.95. The molecule has 6 nitrogen and oxygen atoms in total. The maximum Gasteiger partial charge on any atom is 0.573 e. The van der Waals surface area contributed by atoms with Crippen LogP contribution >= 0.6 is 24.0 Å². The molecule has 0 radical (unpaired) electrons. The lowest BCUT2D eigenvalue weighted by Crippen LogP contribution is -2.31. The average molecular weight is 512 g/mol. The van der Waals surface area contributed by atoms with Gasteiger partial charge < -0.3 is 20.2 Å². The topological polar surface area (TPSA) is 76.0 Å². The van der Waals surface area contributed by atoms with Crippen LogP contribution in [0.1, 0.15) is 25.6 Å². The van der Waals surface area contributed by atoms with E-state index < -0.39 is 6.36 Å². The number of ether oxygens (including phenoxy) is 1. The van der Waals surface area contributed by atoms with Crippen LogP contribution < -0.4 is 15.8 Å². The van der Waals surface area contributed by atoms with E-state index in [1.54, 1.807) is 6.26 Å². The number of aliphatic imine (C=N–C) groups is 1. The number of guanidine groups is 1. The molecule has 1 heterocycles. The first-order valence-corrected chi connectivity index (χ1v) is 8.52. The summed E-state index contributed by atoms with van der Waals surface area (Å²) >= 11 is 0. The summed E-state index contributed by atoms with van der Waals surface area (Å²) in [5.41, 5.74) is 6.41. The number of nitrogens with zero attached hydrogens (tertiary/aromatic N) is 2. The average Bonchev–Trinajstić information content (AvgIpc) is 3.13. The number of hydrogen-bond acceptors (Lipinski definition) is 4. The van der Waals surface area contributed by atoms with Gasteiger partial charge in [-0.25, -0.2) is 0 Å². The van der Waals surface area contributed by atoms with Gasteiger partial charge in [0.1, 0.15) is 11.5 Å². The molecular weight excluding hydrogens is 488 g/mol. The molecule has 156 valence electrons. The smallest absolute Gasteiger partial charge is 0.468 e. The maximum atomic E-state index is 12.2. The summed E-state index contributed by atoms with van der Waals surface area (Å²) in [5, 5.41) is 2.85. The molecule has 0 aliphatic carbocycles. The Morgan fingerprint density at radius 3 is 2.36 bits per heavy atom. The van der Waals surface area contributed by atoms with Gasteiger partial charge in [0.2, 0.25) is 0 Å². The predicted octanol–water partition coefficient (Wildman–Crippen LogP) is 4.61. The molecule has 3 N–H and O–H groups in total. The summed E-state index contributed by atoms with van der Waals surface area (Å²) in [6, 6.07) is 8.91. The molecule has 0 saturated heterocycles. The van der Waals surface area contributed by atoms with Crippen LogP contribution in [0.3, 0.4) is 0 Å². The fourth-order valence-corrected chi connectivity index (χ4v) is 2.64. The van der Waals surface area contributed by atoms with E-state index in [9.17, 15) is 13.2 Å². The van der Waals surface area contributed by atoms with E-state index in [4.69, 9.17) is 10.2 Å². The highest BCUT2D eigenvalue weighted by atomic mass is 127. The molecule has 0 spiro atoms. The van der Waals surface area contributed by atoms with Crippen molar-refractivity contribution >= 4 is 35.6 Å². The van der Waals surface area contributed by atoms with Crippen LogP contribution in [-0.2, 0) is 0 Å². The van der Waals surface area contributed by atoms with Crippen LogP contribution in [0.25, 0.3) is 0 Å². The van der Waals surface area contributed by atoms with Crippen LogP contribution in [0.5, 0.6) is 5.75 Å². The first-order valence-electron chi connectivity index (χ1n) is 8.52. The van der Waals surface area contributed by atoms with Crippen molar-refractivity contribution in [2.75, 3.05) is 25.0 Å². The van der Waals surface area contributed by atoms with E-state index in [1.807, 2.05) is 12.1 Å². The van der Waals surface area contributed by atoms with Crippen molar-refractivity contribution in [2.24, 2.45) is 10.7 Å². The van der Waals surface area contributed by atoms with Gasteiger partial charge in [0, 0.05) is 5.69 Å². The lowest BCUT2D eigenvalue weighted by atomic mass is 10.2. The van der Waals surface area contributed by atoms with Gasteiger partial charge in [-0.2, -0.15) is 0 Å². The van der Waals surface area contributed by atoms with Crippen LogP contribution in [-0.4, -0.2) is 36.9 Å².